The smallest absolute Gasteiger partial charge is 0.227 e. The van der Waals surface area contributed by atoms with Crippen LogP contribution in [0.1, 0.15) is 24.0 Å². The van der Waals surface area contributed by atoms with Gasteiger partial charge in [-0.1, -0.05) is 48.5 Å². The first-order valence-electron chi connectivity index (χ1n) is 10.0. The zero-order valence-corrected chi connectivity index (χ0v) is 16.2. The Hall–Kier alpha value is -2.33. The number of benzene rings is 2. The van der Waals surface area contributed by atoms with Crippen molar-refractivity contribution in [3.05, 3.63) is 65.7 Å². The van der Waals surface area contributed by atoms with Crippen LogP contribution in [0, 0.1) is 5.92 Å². The molecular weight excluding hydrogens is 334 g/mol. The third-order valence-corrected chi connectivity index (χ3v) is 5.88. The highest BCUT2D eigenvalue weighted by Crippen LogP contribution is 2.26. The summed E-state index contributed by atoms with van der Waals surface area (Å²) in [6.07, 6.45) is 2.12. The lowest BCUT2D eigenvalue weighted by Crippen LogP contribution is -2.45. The molecule has 4 nitrogen and oxygen atoms in total. The van der Waals surface area contributed by atoms with Gasteiger partial charge in [0.2, 0.25) is 5.91 Å². The summed E-state index contributed by atoms with van der Waals surface area (Å²) >= 11 is 0. The van der Waals surface area contributed by atoms with E-state index in [0.717, 1.165) is 52.1 Å². The number of carbonyl (C=O) groups is 1. The number of likely N-dealkylation sites (tertiary alicyclic amines) is 1. The van der Waals surface area contributed by atoms with Crippen LogP contribution < -0.4 is 4.90 Å². The van der Waals surface area contributed by atoms with E-state index in [-0.39, 0.29) is 5.92 Å². The number of piperidine rings is 1. The lowest BCUT2D eigenvalue weighted by Gasteiger charge is -2.34. The molecule has 4 rings (SSSR count). The molecule has 0 spiro atoms. The summed E-state index contributed by atoms with van der Waals surface area (Å²) in [5, 5.41) is 0. The Morgan fingerprint density at radius 2 is 1.78 bits per heavy atom. The Morgan fingerprint density at radius 1 is 1.00 bits per heavy atom. The molecule has 27 heavy (non-hydrogen) atoms. The standard InChI is InChI=1S/C23H29N3O/c1-24-14-15-26(18-20-10-5-6-12-22(20)24)23(27)21-11-7-13-25(17-21)16-19-8-3-2-4-9-19/h2-6,8-10,12,21H,7,11,13-18H2,1H3/t21-/m1/s1. The van der Waals surface area contributed by atoms with Gasteiger partial charge in [-0.15, -0.1) is 0 Å². The molecule has 0 radical (unpaired) electrons. The normalized spacial score (nSPS) is 20.9. The molecule has 1 atom stereocenters. The molecule has 1 saturated heterocycles. The number of amides is 1. The van der Waals surface area contributed by atoms with E-state index in [0.29, 0.717) is 5.91 Å². The van der Waals surface area contributed by atoms with Crippen molar-refractivity contribution in [1.29, 1.82) is 0 Å². The molecule has 0 unspecified atom stereocenters. The van der Waals surface area contributed by atoms with Gasteiger partial charge < -0.3 is 9.80 Å². The van der Waals surface area contributed by atoms with Crippen LogP contribution in [0.2, 0.25) is 0 Å². The molecule has 142 valence electrons. The highest BCUT2D eigenvalue weighted by Gasteiger charge is 2.30. The zero-order valence-electron chi connectivity index (χ0n) is 16.2. The molecule has 2 aliphatic rings. The first-order chi connectivity index (χ1) is 13.2. The second kappa shape index (κ2) is 8.13. The van der Waals surface area contributed by atoms with Crippen molar-refractivity contribution in [2.75, 3.05) is 38.1 Å². The van der Waals surface area contributed by atoms with Crippen molar-refractivity contribution in [2.24, 2.45) is 5.92 Å². The third kappa shape index (κ3) is 4.16. The SMILES string of the molecule is CN1CCN(C(=O)[C@@H]2CCCN(Cc3ccccc3)C2)Cc2ccccc21. The van der Waals surface area contributed by atoms with Gasteiger partial charge in [-0.25, -0.2) is 0 Å². The maximum atomic E-state index is 13.3. The third-order valence-electron chi connectivity index (χ3n) is 5.88. The van der Waals surface area contributed by atoms with Crippen LogP contribution in [0.4, 0.5) is 5.69 Å². The average Bonchev–Trinajstić information content (AvgIpc) is 2.88. The van der Waals surface area contributed by atoms with Crippen molar-refractivity contribution < 1.29 is 4.79 Å². The molecule has 2 heterocycles. The molecule has 2 aromatic rings. The van der Waals surface area contributed by atoms with Crippen LogP contribution in [0.25, 0.3) is 0 Å². The molecule has 0 aromatic heterocycles. The van der Waals surface area contributed by atoms with E-state index >= 15 is 0 Å². The van der Waals surface area contributed by atoms with Gasteiger partial charge in [-0.2, -0.15) is 0 Å². The second-order valence-corrected chi connectivity index (χ2v) is 7.87. The molecule has 4 heteroatoms. The molecule has 0 bridgehead atoms. The molecule has 0 N–H and O–H groups in total. The van der Waals surface area contributed by atoms with E-state index in [9.17, 15) is 4.79 Å². The number of hydrogen-bond acceptors (Lipinski definition) is 3. The second-order valence-electron chi connectivity index (χ2n) is 7.87. The number of hydrogen-bond donors (Lipinski definition) is 0. The molecular formula is C23H29N3O. The summed E-state index contributed by atoms with van der Waals surface area (Å²) in [4.78, 5) is 20.1. The van der Waals surface area contributed by atoms with Crippen molar-refractivity contribution >= 4 is 11.6 Å². The fourth-order valence-electron chi connectivity index (χ4n) is 4.38. The predicted molar refractivity (Wildman–Crippen MR) is 110 cm³/mol. The number of carbonyl (C=O) groups excluding carboxylic acids is 1. The Kier molecular flexibility index (Phi) is 5.44. The lowest BCUT2D eigenvalue weighted by molar-refractivity contribution is -0.137. The summed E-state index contributed by atoms with van der Waals surface area (Å²) in [5.74, 6) is 0.455. The first-order valence-corrected chi connectivity index (χ1v) is 10.0. The molecule has 1 fully saturated rings. The van der Waals surface area contributed by atoms with Gasteiger partial charge >= 0.3 is 0 Å². The number of likely N-dealkylation sites (N-methyl/N-ethyl adjacent to an activating group) is 1. The monoisotopic (exact) mass is 363 g/mol. The number of rotatable bonds is 3. The summed E-state index contributed by atoms with van der Waals surface area (Å²) in [5.41, 5.74) is 3.83. The van der Waals surface area contributed by atoms with Crippen LogP contribution in [0.15, 0.2) is 54.6 Å². The van der Waals surface area contributed by atoms with Crippen LogP contribution in [-0.2, 0) is 17.9 Å². The van der Waals surface area contributed by atoms with Crippen molar-refractivity contribution in [2.45, 2.75) is 25.9 Å². The first kappa shape index (κ1) is 18.1. The van der Waals surface area contributed by atoms with E-state index in [1.165, 1.54) is 16.8 Å². The summed E-state index contributed by atoms with van der Waals surface area (Å²) in [6, 6.07) is 19.0. The van der Waals surface area contributed by atoms with Crippen molar-refractivity contribution in [3.8, 4) is 0 Å². The van der Waals surface area contributed by atoms with Crippen LogP contribution in [-0.4, -0.2) is 48.9 Å². The minimum atomic E-state index is 0.123. The summed E-state index contributed by atoms with van der Waals surface area (Å²) in [6.45, 7) is 5.33. The topological polar surface area (TPSA) is 26.8 Å². The van der Waals surface area contributed by atoms with Crippen LogP contribution in [0.5, 0.6) is 0 Å². The fraction of sp³-hybridized carbons (Fsp3) is 0.435. The lowest BCUT2D eigenvalue weighted by atomic mass is 9.95. The summed E-state index contributed by atoms with van der Waals surface area (Å²) < 4.78 is 0. The minimum absolute atomic E-state index is 0.123. The maximum Gasteiger partial charge on any atom is 0.227 e. The Morgan fingerprint density at radius 3 is 2.63 bits per heavy atom. The van der Waals surface area contributed by atoms with Gasteiger partial charge in [0.1, 0.15) is 0 Å². The molecule has 1 amide bonds. The zero-order chi connectivity index (χ0) is 18.6. The van der Waals surface area contributed by atoms with E-state index in [4.69, 9.17) is 0 Å². The van der Waals surface area contributed by atoms with Crippen molar-refractivity contribution in [1.82, 2.24) is 9.80 Å². The van der Waals surface area contributed by atoms with E-state index < -0.39 is 0 Å². The quantitative estimate of drug-likeness (QED) is 0.836. The largest absolute Gasteiger partial charge is 0.373 e. The highest BCUT2D eigenvalue weighted by molar-refractivity contribution is 5.79. The van der Waals surface area contributed by atoms with Gasteiger partial charge in [0.25, 0.3) is 0 Å². The predicted octanol–water partition coefficient (Wildman–Crippen LogP) is 3.38. The van der Waals surface area contributed by atoms with Gasteiger partial charge in [0.15, 0.2) is 0 Å². The maximum absolute atomic E-state index is 13.3. The van der Waals surface area contributed by atoms with E-state index in [1.54, 1.807) is 0 Å². The molecule has 2 aliphatic heterocycles. The van der Waals surface area contributed by atoms with Gasteiger partial charge in [-0.3, -0.25) is 9.69 Å². The Labute approximate surface area is 162 Å². The fourth-order valence-corrected chi connectivity index (χ4v) is 4.38. The van der Waals surface area contributed by atoms with E-state index in [1.807, 2.05) is 0 Å². The van der Waals surface area contributed by atoms with Crippen LogP contribution in [0.3, 0.4) is 0 Å². The molecule has 2 aromatic carbocycles. The van der Waals surface area contributed by atoms with Gasteiger partial charge in [0, 0.05) is 45.5 Å². The molecule has 0 aliphatic carbocycles. The Bertz CT molecular complexity index is 776. The van der Waals surface area contributed by atoms with E-state index in [2.05, 4.69) is 76.3 Å². The minimum Gasteiger partial charge on any atom is -0.373 e. The van der Waals surface area contributed by atoms with Gasteiger partial charge in [-0.05, 0) is 36.6 Å². The average molecular weight is 364 g/mol. The Balaban J connectivity index is 1.43. The highest BCUT2D eigenvalue weighted by atomic mass is 16.2. The molecule has 0 saturated carbocycles. The number of nitrogens with zero attached hydrogens (tertiary/aromatic N) is 3. The van der Waals surface area contributed by atoms with Gasteiger partial charge in [0.05, 0.1) is 5.92 Å². The summed E-state index contributed by atoms with van der Waals surface area (Å²) in [7, 11) is 2.12. The van der Waals surface area contributed by atoms with Crippen molar-refractivity contribution in [3.63, 3.8) is 0 Å². The number of anilines is 1. The number of fused-ring (bicyclic) bond motifs is 1. The van der Waals surface area contributed by atoms with Crippen LogP contribution >= 0.6 is 0 Å². The number of para-hydroxylation sites is 1.